The number of hydrogen-bond acceptors (Lipinski definition) is 5. The second-order valence-corrected chi connectivity index (χ2v) is 9.28. The predicted molar refractivity (Wildman–Crippen MR) is 104 cm³/mol. The fourth-order valence-electron chi connectivity index (χ4n) is 6.19. The number of carboxylic acids is 1. The highest BCUT2D eigenvalue weighted by Crippen LogP contribution is 2.70. The van der Waals surface area contributed by atoms with E-state index in [4.69, 9.17) is 10.5 Å². The minimum absolute atomic E-state index is 0.0389. The minimum Gasteiger partial charge on any atom is -0.487 e. The molecule has 2 aliphatic heterocycles. The average Bonchev–Trinajstić information content (AvgIpc) is 3.19. The monoisotopic (exact) mass is 399 g/mol. The summed E-state index contributed by atoms with van der Waals surface area (Å²) in [6, 6.07) is 0.993. The third-order valence-electron chi connectivity index (χ3n) is 7.80. The van der Waals surface area contributed by atoms with E-state index >= 15 is 4.39 Å². The van der Waals surface area contributed by atoms with Crippen molar-refractivity contribution >= 4 is 22.6 Å². The number of anilines is 1. The third kappa shape index (κ3) is 1.95. The number of halogens is 1. The molecule has 2 aromatic rings. The van der Waals surface area contributed by atoms with Crippen molar-refractivity contribution in [2.75, 3.05) is 24.6 Å². The lowest BCUT2D eigenvalue weighted by molar-refractivity contribution is 0.0694. The number of benzene rings is 1. The second kappa shape index (κ2) is 5.11. The number of nitrogens with two attached hydrogens (primary N) is 1. The first-order chi connectivity index (χ1) is 13.8. The quantitative estimate of drug-likeness (QED) is 0.803. The summed E-state index contributed by atoms with van der Waals surface area (Å²) in [5, 5.41) is 9.45. The molecule has 3 fully saturated rings. The van der Waals surface area contributed by atoms with Crippen LogP contribution in [0, 0.1) is 17.2 Å². The molecule has 152 valence electrons. The molecule has 1 spiro atoms. The fraction of sp³-hybridized carbons (Fsp3) is 0.524. The molecule has 4 atom stereocenters. The summed E-state index contributed by atoms with van der Waals surface area (Å²) in [5.41, 5.74) is 6.26. The van der Waals surface area contributed by atoms with E-state index in [1.807, 2.05) is 11.8 Å². The summed E-state index contributed by atoms with van der Waals surface area (Å²) in [6.45, 7) is 3.41. The van der Waals surface area contributed by atoms with Gasteiger partial charge in [-0.1, -0.05) is 0 Å². The van der Waals surface area contributed by atoms with Gasteiger partial charge in [0.05, 0.1) is 16.9 Å². The van der Waals surface area contributed by atoms with Gasteiger partial charge in [0.2, 0.25) is 5.43 Å². The smallest absolute Gasteiger partial charge is 0.341 e. The topological polar surface area (TPSA) is 97.8 Å². The Labute approximate surface area is 165 Å². The van der Waals surface area contributed by atoms with Gasteiger partial charge >= 0.3 is 5.97 Å². The minimum atomic E-state index is -1.32. The Morgan fingerprint density at radius 3 is 2.90 bits per heavy atom. The Hall–Kier alpha value is -2.61. The molecular formula is C21H22FN3O4. The maximum atomic E-state index is 15.4. The highest BCUT2D eigenvalue weighted by atomic mass is 19.1. The molecule has 3 unspecified atom stereocenters. The summed E-state index contributed by atoms with van der Waals surface area (Å²) in [5.74, 6) is -0.939. The van der Waals surface area contributed by atoms with Crippen molar-refractivity contribution in [2.24, 2.45) is 17.1 Å². The van der Waals surface area contributed by atoms with Crippen molar-refractivity contribution in [2.45, 2.75) is 37.8 Å². The van der Waals surface area contributed by atoms with Crippen molar-refractivity contribution in [3.8, 4) is 5.75 Å². The zero-order chi connectivity index (χ0) is 20.3. The van der Waals surface area contributed by atoms with Crippen molar-refractivity contribution in [3.05, 3.63) is 33.9 Å². The van der Waals surface area contributed by atoms with Gasteiger partial charge in [-0.2, -0.15) is 0 Å². The summed E-state index contributed by atoms with van der Waals surface area (Å²) in [4.78, 5) is 26.2. The molecule has 1 saturated heterocycles. The fourth-order valence-corrected chi connectivity index (χ4v) is 6.19. The SMILES string of the molecule is C[C@H]1COc2c(N3CC4(N)CCC5CC54C3)c(F)cc3c(=O)c(C(=O)O)cn1c23. The zero-order valence-corrected chi connectivity index (χ0v) is 16.1. The highest BCUT2D eigenvalue weighted by molar-refractivity contribution is 5.97. The van der Waals surface area contributed by atoms with Crippen LogP contribution in [0.1, 0.15) is 42.6 Å². The lowest BCUT2D eigenvalue weighted by atomic mass is 9.86. The van der Waals surface area contributed by atoms with E-state index in [2.05, 4.69) is 0 Å². The molecule has 2 saturated carbocycles. The number of nitrogens with zero attached hydrogens (tertiary/aromatic N) is 2. The van der Waals surface area contributed by atoms with E-state index in [0.717, 1.165) is 19.3 Å². The molecule has 1 aromatic carbocycles. The van der Waals surface area contributed by atoms with Crippen LogP contribution in [0.4, 0.5) is 10.1 Å². The van der Waals surface area contributed by atoms with Crippen LogP contribution in [-0.4, -0.2) is 40.9 Å². The first kappa shape index (κ1) is 17.3. The normalized spacial score (nSPS) is 34.1. The zero-order valence-electron chi connectivity index (χ0n) is 16.1. The molecule has 2 aliphatic carbocycles. The van der Waals surface area contributed by atoms with Gasteiger partial charge in [-0.15, -0.1) is 0 Å². The first-order valence-electron chi connectivity index (χ1n) is 10.1. The van der Waals surface area contributed by atoms with Crippen LogP contribution in [0.3, 0.4) is 0 Å². The Balaban J connectivity index is 1.59. The Bertz CT molecular complexity index is 1170. The maximum absolute atomic E-state index is 15.4. The van der Waals surface area contributed by atoms with Crippen LogP contribution >= 0.6 is 0 Å². The molecule has 3 heterocycles. The van der Waals surface area contributed by atoms with Gasteiger partial charge in [0.25, 0.3) is 0 Å². The lowest BCUT2D eigenvalue weighted by Crippen LogP contribution is -2.47. The average molecular weight is 399 g/mol. The van der Waals surface area contributed by atoms with Gasteiger partial charge in [-0.25, -0.2) is 9.18 Å². The van der Waals surface area contributed by atoms with Crippen LogP contribution < -0.4 is 20.8 Å². The number of ether oxygens (including phenoxy) is 1. The summed E-state index contributed by atoms with van der Waals surface area (Å²) in [6.07, 6.45) is 4.53. The van der Waals surface area contributed by atoms with Crippen molar-refractivity contribution in [1.82, 2.24) is 4.57 Å². The molecule has 7 nitrogen and oxygen atoms in total. The van der Waals surface area contributed by atoms with Crippen molar-refractivity contribution < 1.29 is 19.0 Å². The standard InChI is InChI=1S/C21H22FN3O4/c1-10-7-29-18-15-12(17(26)13(19(27)28)6-25(10)15)4-14(22)16(18)24-8-20-5-11(20)2-3-21(20,23)9-24/h4,6,10-11H,2-3,5,7-9,23H2,1H3,(H,27,28)/t10-,11?,20?,21?/m0/s1. The number of carboxylic acid groups (broad SMARTS) is 1. The molecule has 1 aromatic heterocycles. The predicted octanol–water partition coefficient (Wildman–Crippen LogP) is 2.11. The Morgan fingerprint density at radius 2 is 2.21 bits per heavy atom. The van der Waals surface area contributed by atoms with E-state index in [0.29, 0.717) is 36.0 Å². The molecule has 0 radical (unpaired) electrons. The largest absolute Gasteiger partial charge is 0.487 e. The Kier molecular flexibility index (Phi) is 3.04. The van der Waals surface area contributed by atoms with Gasteiger partial charge in [0, 0.05) is 30.2 Å². The van der Waals surface area contributed by atoms with Crippen LogP contribution in [0.25, 0.3) is 10.9 Å². The number of aromatic carboxylic acids is 1. The second-order valence-electron chi connectivity index (χ2n) is 9.28. The van der Waals surface area contributed by atoms with E-state index in [1.165, 1.54) is 12.3 Å². The molecule has 0 amide bonds. The van der Waals surface area contributed by atoms with Gasteiger partial charge < -0.3 is 25.0 Å². The van der Waals surface area contributed by atoms with Crippen molar-refractivity contribution in [1.29, 1.82) is 0 Å². The maximum Gasteiger partial charge on any atom is 0.341 e. The van der Waals surface area contributed by atoms with Crippen LogP contribution in [0.2, 0.25) is 0 Å². The number of rotatable bonds is 2. The number of carbonyl (C=O) groups is 1. The van der Waals surface area contributed by atoms with E-state index < -0.39 is 17.2 Å². The molecule has 8 heteroatoms. The van der Waals surface area contributed by atoms with Crippen molar-refractivity contribution in [3.63, 3.8) is 0 Å². The van der Waals surface area contributed by atoms with E-state index in [-0.39, 0.29) is 34.6 Å². The summed E-state index contributed by atoms with van der Waals surface area (Å²) < 4.78 is 23.1. The third-order valence-corrected chi connectivity index (χ3v) is 7.80. The van der Waals surface area contributed by atoms with E-state index in [9.17, 15) is 14.7 Å². The molecule has 4 aliphatic rings. The van der Waals surface area contributed by atoms with Crippen LogP contribution in [0.15, 0.2) is 17.1 Å². The van der Waals surface area contributed by atoms with Gasteiger partial charge in [-0.05, 0) is 38.2 Å². The van der Waals surface area contributed by atoms with Gasteiger partial charge in [-0.3, -0.25) is 4.79 Å². The first-order valence-corrected chi connectivity index (χ1v) is 10.1. The molecule has 0 bridgehead atoms. The molecule has 3 N–H and O–H groups in total. The van der Waals surface area contributed by atoms with Crippen LogP contribution in [0.5, 0.6) is 5.75 Å². The number of hydrogen-bond donors (Lipinski definition) is 2. The highest BCUT2D eigenvalue weighted by Gasteiger charge is 2.72. The summed E-state index contributed by atoms with van der Waals surface area (Å²) in [7, 11) is 0. The molecular weight excluding hydrogens is 377 g/mol. The summed E-state index contributed by atoms with van der Waals surface area (Å²) >= 11 is 0. The Morgan fingerprint density at radius 1 is 1.41 bits per heavy atom. The number of pyridine rings is 1. The lowest BCUT2D eigenvalue weighted by Gasteiger charge is -2.32. The van der Waals surface area contributed by atoms with Gasteiger partial charge in [0.1, 0.15) is 17.9 Å². The molecule has 29 heavy (non-hydrogen) atoms. The molecule has 6 rings (SSSR count). The van der Waals surface area contributed by atoms with Gasteiger partial charge in [0.15, 0.2) is 11.6 Å². The van der Waals surface area contributed by atoms with E-state index in [1.54, 1.807) is 4.57 Å². The number of aromatic nitrogens is 1. The van der Waals surface area contributed by atoms with Crippen LogP contribution in [-0.2, 0) is 0 Å².